The molecule has 0 spiro atoms. The maximum atomic E-state index is 12.1. The molecule has 0 bridgehead atoms. The minimum Gasteiger partial charge on any atom is -1.00 e. The third-order valence-electron chi connectivity index (χ3n) is 9.71. The van der Waals surface area contributed by atoms with Crippen LogP contribution < -0.4 is 26.8 Å². The maximum absolute atomic E-state index is 12.1. The number of hydrogen-bond donors (Lipinski definition) is 1. The van der Waals surface area contributed by atoms with E-state index < -0.39 is 0 Å². The molecule has 0 heterocycles. The van der Waals surface area contributed by atoms with Crippen molar-refractivity contribution in [3.63, 3.8) is 0 Å². The Labute approximate surface area is 267 Å². The fourth-order valence-corrected chi connectivity index (χ4v) is 7.61. The quantitative estimate of drug-likeness (QED) is 0.426. The van der Waals surface area contributed by atoms with Crippen LogP contribution in [-0.2, 0) is 4.79 Å². The van der Waals surface area contributed by atoms with Crippen molar-refractivity contribution < 1.29 is 26.9 Å². The number of carbonyl (C=O) groups excluding carboxylic acids is 1. The van der Waals surface area contributed by atoms with Crippen molar-refractivity contribution in [2.75, 3.05) is 38.0 Å². The number of fused-ring (bicyclic) bond motifs is 4. The third-order valence-corrected chi connectivity index (χ3v) is 9.71. The second-order valence-corrected chi connectivity index (χ2v) is 12.3. The summed E-state index contributed by atoms with van der Waals surface area (Å²) >= 11 is 0. The molecular weight excluding hydrogens is 573 g/mol. The number of benzene rings is 2. The average Bonchev–Trinajstić information content (AvgIpc) is 3.22. The first kappa shape index (κ1) is 32.9. The molecule has 2 aromatic rings. The van der Waals surface area contributed by atoms with Crippen molar-refractivity contribution in [1.29, 1.82) is 0 Å². The largest absolute Gasteiger partial charge is 2.00 e. The van der Waals surface area contributed by atoms with Gasteiger partial charge in [0.15, 0.2) is 5.78 Å². The van der Waals surface area contributed by atoms with Crippen molar-refractivity contribution in [1.82, 2.24) is 0 Å². The maximum Gasteiger partial charge on any atom is 2.00 e. The van der Waals surface area contributed by atoms with Crippen LogP contribution in [0.1, 0.15) is 63.4 Å². The third kappa shape index (κ3) is 6.40. The number of aliphatic hydroxyl groups is 1. The molecule has 4 aliphatic rings. The second kappa shape index (κ2) is 13.6. The van der Waals surface area contributed by atoms with Gasteiger partial charge >= 0.3 is 23.1 Å². The number of rotatable bonds is 3. The van der Waals surface area contributed by atoms with Crippen LogP contribution in [0.5, 0.6) is 0 Å². The van der Waals surface area contributed by atoms with E-state index in [0.29, 0.717) is 30.0 Å². The van der Waals surface area contributed by atoms with Gasteiger partial charge in [-0.1, -0.05) is 30.3 Å². The molecule has 2 fully saturated rings. The van der Waals surface area contributed by atoms with Gasteiger partial charge in [0.05, 0.1) is 6.10 Å². The summed E-state index contributed by atoms with van der Waals surface area (Å²) in [5, 5.41) is 10.9. The van der Waals surface area contributed by atoms with Crippen LogP contribution in [0, 0.1) is 23.3 Å². The average molecular weight is 616 g/mol. The molecule has 2 aromatic carbocycles. The van der Waals surface area contributed by atoms with Crippen LogP contribution in [-0.4, -0.2) is 68.2 Å². The van der Waals surface area contributed by atoms with E-state index in [-0.39, 0.29) is 51.6 Å². The van der Waals surface area contributed by atoms with Crippen molar-refractivity contribution in [3.05, 3.63) is 83.0 Å². The van der Waals surface area contributed by atoms with E-state index >= 15 is 0 Å². The molecule has 0 amide bonds. The number of aliphatic hydroxyl groups excluding tert-OH is 1. The summed E-state index contributed by atoms with van der Waals surface area (Å²) in [5.41, 5.74) is 8.23. The predicted octanol–water partition coefficient (Wildman–Crippen LogP) is 3.19. The van der Waals surface area contributed by atoms with E-state index in [9.17, 15) is 9.90 Å². The molecule has 0 aliphatic heterocycles. The zero-order chi connectivity index (χ0) is 27.0. The molecule has 6 heteroatoms. The molecule has 1 N–H and O–H groups in total. The van der Waals surface area contributed by atoms with Crippen molar-refractivity contribution in [2.24, 2.45) is 17.3 Å². The number of anilines is 2. The van der Waals surface area contributed by atoms with E-state index in [1.807, 2.05) is 44.4 Å². The Morgan fingerprint density at radius 2 is 1.50 bits per heavy atom. The molecule has 4 aliphatic carbocycles. The minimum atomic E-state index is -0.188. The van der Waals surface area contributed by atoms with Crippen molar-refractivity contribution in [3.8, 4) is 0 Å². The SMILES string of the molecule is CN(C)c1cc[c-]cc1.CN(C)c1ccc([C@H]2C[C@]3(C)C(O)CC[C@H]3[C@@H]3CCC4=CC(=O)CCC4=C32)cc1.[Br-].[Mg+2]. The summed E-state index contributed by atoms with van der Waals surface area (Å²) in [4.78, 5) is 16.3. The Balaban J connectivity index is 0.000000345. The van der Waals surface area contributed by atoms with E-state index in [1.54, 1.807) is 5.57 Å². The van der Waals surface area contributed by atoms with Gasteiger partial charge in [-0.05, 0) is 90.7 Å². The summed E-state index contributed by atoms with van der Waals surface area (Å²) < 4.78 is 0. The van der Waals surface area contributed by atoms with E-state index in [4.69, 9.17) is 0 Å². The smallest absolute Gasteiger partial charge is 1.00 e. The predicted molar refractivity (Wildman–Crippen MR) is 162 cm³/mol. The Kier molecular flexibility index (Phi) is 11.2. The van der Waals surface area contributed by atoms with Crippen LogP contribution in [0.2, 0.25) is 0 Å². The number of ketones is 1. The fourth-order valence-electron chi connectivity index (χ4n) is 7.61. The van der Waals surface area contributed by atoms with Crippen LogP contribution in [0.4, 0.5) is 11.4 Å². The fraction of sp³-hybridized carbons (Fsp3) is 0.500. The van der Waals surface area contributed by atoms with Crippen LogP contribution >= 0.6 is 0 Å². The number of hydrogen-bond acceptors (Lipinski definition) is 4. The van der Waals surface area contributed by atoms with E-state index in [1.165, 1.54) is 28.1 Å². The molecule has 40 heavy (non-hydrogen) atoms. The first-order valence-corrected chi connectivity index (χ1v) is 14.2. The number of allylic oxidation sites excluding steroid dienone is 4. The number of halogens is 1. The van der Waals surface area contributed by atoms with Crippen molar-refractivity contribution in [2.45, 2.75) is 63.9 Å². The summed E-state index contributed by atoms with van der Waals surface area (Å²) in [7, 11) is 8.20. The standard InChI is InChI=1S/C26H33NO2.C8H10N.BrH.Mg/c1-26-15-22(16-4-7-18(8-5-16)27(2)3)25-20-11-9-19(28)14-17(20)6-10-21(25)23(26)12-13-24(26)29;1-9(2)8-6-4-3-5-7-8;;/h4-5,7-8,14,21-24,29H,6,9-13,15H2,1-3H3;4-7H,1-2H3;1H;/q;-1;;+2/p-1/t21-,22+,23-,24?,26-;;;/m0.../s1. The molecule has 6 rings (SSSR count). The van der Waals surface area contributed by atoms with Gasteiger partial charge in [0.25, 0.3) is 0 Å². The zero-order valence-corrected chi connectivity index (χ0v) is 27.8. The zero-order valence-electron chi connectivity index (χ0n) is 24.8. The molecule has 210 valence electrons. The Morgan fingerprint density at radius 3 is 2.10 bits per heavy atom. The summed E-state index contributed by atoms with van der Waals surface area (Å²) in [6.07, 6.45) is 8.59. The summed E-state index contributed by atoms with van der Waals surface area (Å²) in [6.45, 7) is 2.34. The first-order chi connectivity index (χ1) is 18.2. The van der Waals surface area contributed by atoms with Crippen LogP contribution in [0.25, 0.3) is 0 Å². The molecule has 1 unspecified atom stereocenters. The van der Waals surface area contributed by atoms with Gasteiger partial charge in [0.2, 0.25) is 0 Å². The van der Waals surface area contributed by atoms with Crippen molar-refractivity contribution >= 4 is 40.2 Å². The molecular formula is C34H43BrMgN2O2. The van der Waals surface area contributed by atoms with Gasteiger partial charge in [0, 0.05) is 46.2 Å². The van der Waals surface area contributed by atoms with Gasteiger partial charge < -0.3 is 31.9 Å². The first-order valence-electron chi connectivity index (χ1n) is 14.2. The molecule has 0 saturated heterocycles. The molecule has 0 radical (unpaired) electrons. The van der Waals surface area contributed by atoms with Gasteiger partial charge in [-0.3, -0.25) is 4.79 Å². The number of carbonyl (C=O) groups is 1. The Morgan fingerprint density at radius 1 is 0.875 bits per heavy atom. The Hall–Kier alpha value is -1.60. The molecule has 2 saturated carbocycles. The minimum absolute atomic E-state index is 0. The monoisotopic (exact) mass is 614 g/mol. The van der Waals surface area contributed by atoms with Crippen LogP contribution in [0.3, 0.4) is 0 Å². The van der Waals surface area contributed by atoms with E-state index in [2.05, 4.69) is 61.2 Å². The second-order valence-electron chi connectivity index (χ2n) is 12.3. The Bertz CT molecular complexity index is 1220. The molecule has 5 atom stereocenters. The van der Waals surface area contributed by atoms with Gasteiger partial charge in [-0.25, -0.2) is 0 Å². The molecule has 4 nitrogen and oxygen atoms in total. The number of nitrogens with zero attached hydrogens (tertiary/aromatic N) is 2. The van der Waals surface area contributed by atoms with Gasteiger partial charge in [-0.15, -0.1) is 12.1 Å². The van der Waals surface area contributed by atoms with Gasteiger partial charge in [0.1, 0.15) is 0 Å². The topological polar surface area (TPSA) is 43.8 Å². The summed E-state index contributed by atoms with van der Waals surface area (Å²) in [6, 6.07) is 19.9. The normalized spacial score (nSPS) is 28.4. The van der Waals surface area contributed by atoms with E-state index in [0.717, 1.165) is 38.5 Å². The molecule has 0 aromatic heterocycles. The van der Waals surface area contributed by atoms with Gasteiger partial charge in [-0.2, -0.15) is 18.2 Å². The summed E-state index contributed by atoms with van der Waals surface area (Å²) in [5.74, 6) is 1.80. The van der Waals surface area contributed by atoms with Crippen LogP contribution in [0.15, 0.2) is 71.3 Å².